The Bertz CT molecular complexity index is 3220. The fourth-order valence-corrected chi connectivity index (χ4v) is 9.87. The van der Waals surface area contributed by atoms with Crippen LogP contribution >= 0.6 is 45.3 Å². The summed E-state index contributed by atoms with van der Waals surface area (Å²) < 4.78 is 26.6. The van der Waals surface area contributed by atoms with Gasteiger partial charge in [0.1, 0.15) is 54.8 Å². The Morgan fingerprint density at radius 1 is 0.500 bits per heavy atom. The average Bonchev–Trinajstić information content (AvgIpc) is 4.30. The summed E-state index contributed by atoms with van der Waals surface area (Å²) >= 11 is 6.21. The minimum absolute atomic E-state index is 0.104. The van der Waals surface area contributed by atoms with E-state index < -0.39 is 5.41 Å². The van der Waals surface area contributed by atoms with Crippen LogP contribution in [0.1, 0.15) is 4.88 Å². The van der Waals surface area contributed by atoms with Crippen molar-refractivity contribution in [3.05, 3.63) is 172 Å². The Kier molecular flexibility index (Phi) is 14.1. The molecule has 20 nitrogen and oxygen atoms in total. The average molecular weight is 1060 g/mol. The maximum atomic E-state index is 6.64. The van der Waals surface area contributed by atoms with Gasteiger partial charge in [-0.1, -0.05) is 24.3 Å². The first kappa shape index (κ1) is 47.6. The summed E-state index contributed by atoms with van der Waals surface area (Å²) in [5.74, 6) is 11.1. The molecule has 0 aliphatic carbocycles. The lowest BCUT2D eigenvalue weighted by molar-refractivity contribution is -0.00351. The molecule has 11 rings (SSSR count). The van der Waals surface area contributed by atoms with Crippen LogP contribution in [0.2, 0.25) is 0 Å². The van der Waals surface area contributed by atoms with Crippen molar-refractivity contribution in [1.29, 1.82) is 0 Å². The molecule has 0 amide bonds. The van der Waals surface area contributed by atoms with Crippen LogP contribution in [0.15, 0.2) is 172 Å². The first-order chi connectivity index (χ1) is 36.4. The van der Waals surface area contributed by atoms with Gasteiger partial charge in [-0.3, -0.25) is 10.4 Å². The third-order valence-corrected chi connectivity index (χ3v) is 14.6. The molecule has 0 aliphatic rings. The van der Waals surface area contributed by atoms with Crippen LogP contribution in [-0.4, -0.2) is 99.9 Å². The van der Waals surface area contributed by atoms with Crippen molar-refractivity contribution in [3.63, 3.8) is 0 Å². The molecule has 7 heterocycles. The Morgan fingerprint density at radius 2 is 0.851 bits per heavy atom. The van der Waals surface area contributed by atoms with Crippen molar-refractivity contribution >= 4 is 56.9 Å². The van der Waals surface area contributed by atoms with Gasteiger partial charge >= 0.3 is 0 Å². The van der Waals surface area contributed by atoms with Crippen molar-refractivity contribution in [1.82, 2.24) is 66.0 Å². The van der Waals surface area contributed by atoms with Gasteiger partial charge in [0.2, 0.25) is 17.5 Å². The van der Waals surface area contributed by atoms with E-state index >= 15 is 0 Å². The summed E-state index contributed by atoms with van der Waals surface area (Å²) in [7, 11) is 1.71. The number of nitrogens with one attached hydrogen (secondary N) is 1. The van der Waals surface area contributed by atoms with Crippen LogP contribution in [0, 0.1) is 5.41 Å². The predicted octanol–water partition coefficient (Wildman–Crippen LogP) is 8.72. The lowest BCUT2D eigenvalue weighted by atomic mass is 9.92. The molecule has 11 aromatic rings. The van der Waals surface area contributed by atoms with E-state index in [0.717, 1.165) is 19.5 Å². The van der Waals surface area contributed by atoms with E-state index in [1.807, 2.05) is 167 Å². The molecule has 0 radical (unpaired) electrons. The van der Waals surface area contributed by atoms with Gasteiger partial charge in [-0.25, -0.2) is 11.0 Å². The summed E-state index contributed by atoms with van der Waals surface area (Å²) in [6.45, 7) is 0.425. The van der Waals surface area contributed by atoms with E-state index in [0.29, 0.717) is 69.1 Å². The van der Waals surface area contributed by atoms with Crippen molar-refractivity contribution in [2.75, 3.05) is 38.6 Å². The number of hydrogen-bond acceptors (Lipinski definition) is 20. The Hall–Kier alpha value is -8.68. The zero-order valence-electron chi connectivity index (χ0n) is 39.1. The van der Waals surface area contributed by atoms with E-state index in [-0.39, 0.29) is 26.4 Å². The summed E-state index contributed by atoms with van der Waals surface area (Å²) in [6.07, 6.45) is 0. The lowest BCUT2D eigenvalue weighted by Crippen LogP contribution is -2.47. The van der Waals surface area contributed by atoms with Gasteiger partial charge in [0, 0.05) is 7.05 Å². The maximum Gasteiger partial charge on any atom is 0.215 e. The quantitative estimate of drug-likeness (QED) is 0.0297. The van der Waals surface area contributed by atoms with E-state index in [4.69, 9.17) is 24.8 Å². The van der Waals surface area contributed by atoms with Gasteiger partial charge in [-0.15, -0.1) is 90.3 Å². The molecule has 0 atom stereocenters. The van der Waals surface area contributed by atoms with E-state index in [2.05, 4.69) is 56.7 Å². The number of amidine groups is 1. The van der Waals surface area contributed by atoms with Gasteiger partial charge in [0.05, 0.1) is 42.3 Å². The minimum atomic E-state index is -0.946. The zero-order chi connectivity index (χ0) is 50.1. The Labute approximate surface area is 438 Å². The highest BCUT2D eigenvalue weighted by Crippen LogP contribution is 2.30. The molecular weight excluding hydrogens is 1020 g/mol. The number of nitrogens with zero attached hydrogens (tertiary/aromatic N) is 14. The maximum absolute atomic E-state index is 6.64. The van der Waals surface area contributed by atoms with Crippen LogP contribution < -0.4 is 35.3 Å². The highest BCUT2D eigenvalue weighted by Gasteiger charge is 2.36. The van der Waals surface area contributed by atoms with Gasteiger partial charge < -0.3 is 18.9 Å². The number of anilines is 1. The number of benzene rings is 4. The van der Waals surface area contributed by atoms with Gasteiger partial charge in [0.15, 0.2) is 5.84 Å². The topological polar surface area (TPSA) is 221 Å². The number of aromatic nitrogens is 12. The van der Waals surface area contributed by atoms with Crippen LogP contribution in [0.4, 0.5) is 5.69 Å². The van der Waals surface area contributed by atoms with Gasteiger partial charge in [-0.2, -0.15) is 0 Å². The summed E-state index contributed by atoms with van der Waals surface area (Å²) in [5, 5.41) is 48.6. The Morgan fingerprint density at radius 3 is 1.18 bits per heavy atom. The van der Waals surface area contributed by atoms with Crippen molar-refractivity contribution in [3.8, 4) is 72.2 Å². The number of nitrogens with two attached hydrogens (primary N) is 1. The van der Waals surface area contributed by atoms with Crippen molar-refractivity contribution in [2.24, 2.45) is 16.3 Å². The number of aliphatic imine (C=N–C) groups is 1. The standard InChI is InChI=1S/C50H42N16O4S4/c1-52-46(42-6-2-26-71-42)56-63(51)34-10-18-38(19-11-34)67-30-50(31-68-39-20-12-35(13-21-39)64-57-47(53-60-64)43-7-3-27-72-43,32-69-40-22-14-36(15-23-40)65-58-48(54-61-65)44-8-4-28-73-44)33-70-41-24-16-37(17-25-41)66-59-49(55-62-66)45-9-5-29-74-45/h2-29H,30-33,51H2,1H3,(H,52,56). The van der Waals surface area contributed by atoms with E-state index in [1.165, 1.54) is 19.5 Å². The molecule has 370 valence electrons. The lowest BCUT2D eigenvalue weighted by Gasteiger charge is -2.33. The molecular formula is C50H42N16O4S4. The van der Waals surface area contributed by atoms with Crippen LogP contribution in [0.25, 0.3) is 49.2 Å². The Balaban J connectivity index is 0.856. The third-order valence-electron chi connectivity index (χ3n) is 11.2. The smallest absolute Gasteiger partial charge is 0.215 e. The fourth-order valence-electron chi connectivity index (χ4n) is 7.22. The van der Waals surface area contributed by atoms with Crippen LogP contribution in [0.3, 0.4) is 0 Å². The fraction of sp³-hybridized carbons (Fsp3) is 0.120. The number of ether oxygens (including phenoxy) is 4. The first-order valence-corrected chi connectivity index (χ1v) is 26.2. The van der Waals surface area contributed by atoms with Gasteiger partial charge in [0.25, 0.3) is 0 Å². The van der Waals surface area contributed by atoms with Crippen LogP contribution in [-0.2, 0) is 0 Å². The van der Waals surface area contributed by atoms with Gasteiger partial charge in [-0.05, 0) is 158 Å². The molecule has 0 spiro atoms. The molecule has 0 unspecified atom stereocenters. The number of hydrazine groups is 2. The van der Waals surface area contributed by atoms with Crippen molar-refractivity contribution < 1.29 is 18.9 Å². The molecule has 0 fully saturated rings. The SMILES string of the molecule is CN=C(NN(N)c1ccc(OCC(COc2ccc(-n3nnc(-c4cccs4)n3)cc2)(COc2ccc(-n3nnc(-c4cccs4)n3)cc2)COc2ccc(-n3nnc(-c4cccs4)n3)cc2)cc1)c1cccs1. The number of thiophene rings is 4. The second-order valence-electron chi connectivity index (χ2n) is 16.3. The largest absolute Gasteiger partial charge is 0.493 e. The monoisotopic (exact) mass is 1060 g/mol. The molecule has 0 bridgehead atoms. The number of tetrazole rings is 3. The molecule has 0 saturated carbocycles. The van der Waals surface area contributed by atoms with E-state index in [9.17, 15) is 0 Å². The molecule has 7 aromatic heterocycles. The van der Waals surface area contributed by atoms with Crippen LogP contribution in [0.5, 0.6) is 23.0 Å². The first-order valence-electron chi connectivity index (χ1n) is 22.7. The molecule has 0 aliphatic heterocycles. The molecule has 0 saturated heterocycles. The molecule has 4 aromatic carbocycles. The second-order valence-corrected chi connectivity index (χ2v) is 20.1. The predicted molar refractivity (Wildman–Crippen MR) is 285 cm³/mol. The molecule has 74 heavy (non-hydrogen) atoms. The molecule has 24 heteroatoms. The highest BCUT2D eigenvalue weighted by atomic mass is 32.1. The highest BCUT2D eigenvalue weighted by molar-refractivity contribution is 7.14. The normalized spacial score (nSPS) is 11.7. The summed E-state index contributed by atoms with van der Waals surface area (Å²) in [4.78, 5) is 12.6. The number of rotatable bonds is 21. The minimum Gasteiger partial charge on any atom is -0.493 e. The summed E-state index contributed by atoms with van der Waals surface area (Å²) in [5.41, 5.74) is 5.05. The molecule has 3 N–H and O–H groups in total. The second kappa shape index (κ2) is 22.0. The summed E-state index contributed by atoms with van der Waals surface area (Å²) in [6, 6.07) is 45.5. The van der Waals surface area contributed by atoms with E-state index in [1.54, 1.807) is 52.4 Å². The van der Waals surface area contributed by atoms with Crippen molar-refractivity contribution in [2.45, 2.75) is 0 Å². The zero-order valence-corrected chi connectivity index (χ0v) is 42.4. The number of hydrogen-bond donors (Lipinski definition) is 2. The third kappa shape index (κ3) is 11.2.